The van der Waals surface area contributed by atoms with Gasteiger partial charge in [-0.3, -0.25) is 9.52 Å². The standard InChI is InChI=1S/C25H28N2O3S/c1-18-12-16-22(17-13-18)31(29,30)27-24-11-7-10-23(20(24)3)25(28)26-19(2)14-15-21-8-5-4-6-9-21/h4-13,16-17,19,27H,14-15H2,1-3H3,(H,26,28)/t19-/m0/s1. The van der Waals surface area contributed by atoms with E-state index in [1.54, 1.807) is 49.4 Å². The molecule has 6 heteroatoms. The second kappa shape index (κ2) is 9.79. The lowest BCUT2D eigenvalue weighted by atomic mass is 10.0. The second-order valence-electron chi connectivity index (χ2n) is 7.80. The SMILES string of the molecule is Cc1ccc(S(=O)(=O)Nc2cccc(C(=O)N[C@@H](C)CCc3ccccc3)c2C)cc1. The van der Waals surface area contributed by atoms with Gasteiger partial charge in [-0.15, -0.1) is 0 Å². The molecular formula is C25H28N2O3S. The van der Waals surface area contributed by atoms with Crippen LogP contribution in [0.15, 0.2) is 77.7 Å². The Kier molecular flexibility index (Phi) is 7.13. The Balaban J connectivity index is 1.69. The van der Waals surface area contributed by atoms with Crippen LogP contribution in [0.2, 0.25) is 0 Å². The Hall–Kier alpha value is -3.12. The van der Waals surface area contributed by atoms with E-state index in [1.165, 1.54) is 5.56 Å². The first kappa shape index (κ1) is 22.6. The van der Waals surface area contributed by atoms with Crippen molar-refractivity contribution in [1.82, 2.24) is 5.32 Å². The van der Waals surface area contributed by atoms with Gasteiger partial charge >= 0.3 is 0 Å². The van der Waals surface area contributed by atoms with E-state index >= 15 is 0 Å². The first-order valence-electron chi connectivity index (χ1n) is 10.3. The third-order valence-electron chi connectivity index (χ3n) is 5.24. The van der Waals surface area contributed by atoms with Crippen LogP contribution in [0.4, 0.5) is 5.69 Å². The maximum atomic E-state index is 12.8. The molecule has 0 saturated carbocycles. The summed E-state index contributed by atoms with van der Waals surface area (Å²) in [6.45, 7) is 5.62. The first-order chi connectivity index (χ1) is 14.8. The zero-order valence-electron chi connectivity index (χ0n) is 18.1. The molecule has 3 rings (SSSR count). The van der Waals surface area contributed by atoms with Crippen molar-refractivity contribution in [3.63, 3.8) is 0 Å². The number of sulfonamides is 1. The molecule has 1 amide bonds. The van der Waals surface area contributed by atoms with E-state index in [0.717, 1.165) is 18.4 Å². The van der Waals surface area contributed by atoms with Crippen LogP contribution in [0.3, 0.4) is 0 Å². The Morgan fingerprint density at radius 1 is 0.903 bits per heavy atom. The minimum absolute atomic E-state index is 0.0139. The van der Waals surface area contributed by atoms with Gasteiger partial charge in [0.15, 0.2) is 0 Å². The van der Waals surface area contributed by atoms with Crippen molar-refractivity contribution < 1.29 is 13.2 Å². The lowest BCUT2D eigenvalue weighted by Crippen LogP contribution is -2.33. The average Bonchev–Trinajstić information content (AvgIpc) is 2.74. The van der Waals surface area contributed by atoms with Crippen molar-refractivity contribution in [2.24, 2.45) is 0 Å². The van der Waals surface area contributed by atoms with E-state index in [2.05, 4.69) is 22.2 Å². The molecule has 0 aliphatic carbocycles. The van der Waals surface area contributed by atoms with Gasteiger partial charge in [-0.1, -0.05) is 54.1 Å². The van der Waals surface area contributed by atoms with Crippen LogP contribution in [-0.4, -0.2) is 20.4 Å². The highest BCUT2D eigenvalue weighted by Crippen LogP contribution is 2.23. The van der Waals surface area contributed by atoms with Crippen molar-refractivity contribution in [2.75, 3.05) is 4.72 Å². The number of carbonyl (C=O) groups is 1. The highest BCUT2D eigenvalue weighted by atomic mass is 32.2. The van der Waals surface area contributed by atoms with Gasteiger partial charge in [0.1, 0.15) is 0 Å². The molecule has 3 aromatic rings. The summed E-state index contributed by atoms with van der Waals surface area (Å²) in [7, 11) is -3.74. The molecule has 0 fully saturated rings. The third-order valence-corrected chi connectivity index (χ3v) is 6.62. The fourth-order valence-electron chi connectivity index (χ4n) is 3.31. The molecule has 0 radical (unpaired) electrons. The molecule has 0 aliphatic heterocycles. The Morgan fingerprint density at radius 3 is 2.26 bits per heavy atom. The molecule has 0 bridgehead atoms. The number of amides is 1. The fraction of sp³-hybridized carbons (Fsp3) is 0.240. The van der Waals surface area contributed by atoms with Gasteiger partial charge in [0.25, 0.3) is 15.9 Å². The summed E-state index contributed by atoms with van der Waals surface area (Å²) in [6, 6.07) is 21.8. The molecule has 162 valence electrons. The Labute approximate surface area is 184 Å². The summed E-state index contributed by atoms with van der Waals surface area (Å²) in [6.07, 6.45) is 1.69. The van der Waals surface area contributed by atoms with Gasteiger partial charge in [-0.2, -0.15) is 0 Å². The number of hydrogen-bond donors (Lipinski definition) is 2. The van der Waals surface area contributed by atoms with Crippen LogP contribution in [0.1, 0.15) is 40.4 Å². The smallest absolute Gasteiger partial charge is 0.261 e. The summed E-state index contributed by atoms with van der Waals surface area (Å²) in [5.74, 6) is -0.213. The minimum Gasteiger partial charge on any atom is -0.350 e. The topological polar surface area (TPSA) is 75.3 Å². The maximum Gasteiger partial charge on any atom is 0.261 e. The van der Waals surface area contributed by atoms with E-state index in [0.29, 0.717) is 16.8 Å². The monoisotopic (exact) mass is 436 g/mol. The molecule has 31 heavy (non-hydrogen) atoms. The lowest BCUT2D eigenvalue weighted by molar-refractivity contribution is 0.0938. The first-order valence-corrected chi connectivity index (χ1v) is 11.8. The van der Waals surface area contributed by atoms with Crippen molar-refractivity contribution in [2.45, 2.75) is 44.6 Å². The Morgan fingerprint density at radius 2 is 1.58 bits per heavy atom. The predicted octanol–water partition coefficient (Wildman–Crippen LogP) is 4.86. The highest BCUT2D eigenvalue weighted by Gasteiger charge is 2.18. The molecule has 0 aliphatic rings. The zero-order chi connectivity index (χ0) is 22.4. The van der Waals surface area contributed by atoms with Crippen molar-refractivity contribution >= 4 is 21.6 Å². The Bertz CT molecular complexity index is 1140. The van der Waals surface area contributed by atoms with Gasteiger partial charge < -0.3 is 5.32 Å². The molecule has 0 unspecified atom stereocenters. The number of aryl methyl sites for hydroxylation is 2. The van der Waals surface area contributed by atoms with Crippen LogP contribution < -0.4 is 10.0 Å². The quantitative estimate of drug-likeness (QED) is 0.530. The number of carbonyl (C=O) groups excluding carboxylic acids is 1. The number of anilines is 1. The van der Waals surface area contributed by atoms with Crippen molar-refractivity contribution in [3.8, 4) is 0 Å². The summed E-state index contributed by atoms with van der Waals surface area (Å²) in [5, 5.41) is 3.02. The van der Waals surface area contributed by atoms with E-state index in [1.807, 2.05) is 32.0 Å². The summed E-state index contributed by atoms with van der Waals surface area (Å²) in [4.78, 5) is 13.0. The van der Waals surface area contributed by atoms with Gasteiger partial charge in [0.2, 0.25) is 0 Å². The second-order valence-corrected chi connectivity index (χ2v) is 9.48. The molecule has 2 N–H and O–H groups in total. The van der Waals surface area contributed by atoms with E-state index in [-0.39, 0.29) is 16.8 Å². The van der Waals surface area contributed by atoms with E-state index in [4.69, 9.17) is 0 Å². The molecule has 3 aromatic carbocycles. The van der Waals surface area contributed by atoms with Gasteiger partial charge in [0, 0.05) is 11.6 Å². The largest absolute Gasteiger partial charge is 0.350 e. The highest BCUT2D eigenvalue weighted by molar-refractivity contribution is 7.92. The van der Waals surface area contributed by atoms with Crippen LogP contribution in [-0.2, 0) is 16.4 Å². The predicted molar refractivity (Wildman–Crippen MR) is 125 cm³/mol. The molecule has 0 aromatic heterocycles. The van der Waals surface area contributed by atoms with E-state index in [9.17, 15) is 13.2 Å². The number of nitrogens with one attached hydrogen (secondary N) is 2. The van der Waals surface area contributed by atoms with Crippen LogP contribution in [0.5, 0.6) is 0 Å². The third kappa shape index (κ3) is 5.95. The molecule has 1 atom stereocenters. The van der Waals surface area contributed by atoms with Gasteiger partial charge in [0.05, 0.1) is 10.6 Å². The number of hydrogen-bond acceptors (Lipinski definition) is 3. The fourth-order valence-corrected chi connectivity index (χ4v) is 4.44. The van der Waals surface area contributed by atoms with Crippen LogP contribution >= 0.6 is 0 Å². The minimum atomic E-state index is -3.74. The van der Waals surface area contributed by atoms with Crippen LogP contribution in [0, 0.1) is 13.8 Å². The summed E-state index contributed by atoms with van der Waals surface area (Å²) >= 11 is 0. The number of benzene rings is 3. The number of rotatable bonds is 8. The zero-order valence-corrected chi connectivity index (χ0v) is 18.9. The van der Waals surface area contributed by atoms with Crippen LogP contribution in [0.25, 0.3) is 0 Å². The molecule has 0 saturated heterocycles. The molecule has 5 nitrogen and oxygen atoms in total. The maximum absolute atomic E-state index is 12.8. The van der Waals surface area contributed by atoms with Crippen molar-refractivity contribution in [1.29, 1.82) is 0 Å². The summed E-state index contributed by atoms with van der Waals surface area (Å²) in [5.41, 5.74) is 3.65. The van der Waals surface area contributed by atoms with Crippen molar-refractivity contribution in [3.05, 3.63) is 95.1 Å². The average molecular weight is 437 g/mol. The van der Waals surface area contributed by atoms with Gasteiger partial charge in [-0.25, -0.2) is 8.42 Å². The molecular weight excluding hydrogens is 408 g/mol. The summed E-state index contributed by atoms with van der Waals surface area (Å²) < 4.78 is 28.1. The lowest BCUT2D eigenvalue weighted by Gasteiger charge is -2.17. The van der Waals surface area contributed by atoms with Gasteiger partial charge in [-0.05, 0) is 69.0 Å². The molecule has 0 heterocycles. The normalized spacial score (nSPS) is 12.2. The molecule has 0 spiro atoms. The van der Waals surface area contributed by atoms with E-state index < -0.39 is 10.0 Å².